The van der Waals surface area contributed by atoms with Gasteiger partial charge in [-0.1, -0.05) is 54.2 Å². The lowest BCUT2D eigenvalue weighted by Gasteiger charge is -2.44. The quantitative estimate of drug-likeness (QED) is 0.132. The van der Waals surface area contributed by atoms with E-state index in [1.807, 2.05) is 30.3 Å². The molecular weight excluding hydrogens is 649 g/mol. The highest BCUT2D eigenvalue weighted by Crippen LogP contribution is 2.46. The Hall–Kier alpha value is -4.53. The van der Waals surface area contributed by atoms with Crippen molar-refractivity contribution in [2.75, 3.05) is 6.61 Å². The Morgan fingerprint density at radius 2 is 1.51 bits per heavy atom. The number of thiophene rings is 1. The van der Waals surface area contributed by atoms with E-state index in [1.165, 1.54) is 29.8 Å². The number of nitrogens with zero attached hydrogens (tertiary/aromatic N) is 2. The highest BCUT2D eigenvalue weighted by molar-refractivity contribution is 7.99. The summed E-state index contributed by atoms with van der Waals surface area (Å²) in [5.41, 5.74) is 2.06. The van der Waals surface area contributed by atoms with Gasteiger partial charge in [0.15, 0.2) is 28.9 Å². The van der Waals surface area contributed by atoms with E-state index in [0.717, 1.165) is 47.2 Å². The number of fused-ring (bicyclic) bond motifs is 5. The SMILES string of the molecule is CC(=O)OC[C@H]1O[C@@H](Sc2nc3sc4c(c3c(=O)n2-c2ccccc2)-c2ccccc2C4)[C@H](OC(C)=O)[C@@H](OC(C)=O)[C@@H]1OC(C)=O. The number of para-hydroxylation sites is 1. The second kappa shape index (κ2) is 13.3. The van der Waals surface area contributed by atoms with Gasteiger partial charge < -0.3 is 23.7 Å². The van der Waals surface area contributed by atoms with Crippen LogP contribution in [0.1, 0.15) is 38.1 Å². The number of hydrogen-bond acceptors (Lipinski definition) is 13. The van der Waals surface area contributed by atoms with Gasteiger partial charge in [0.1, 0.15) is 17.5 Å². The van der Waals surface area contributed by atoms with Crippen molar-refractivity contribution >= 4 is 57.2 Å². The Balaban J connectivity index is 1.50. The van der Waals surface area contributed by atoms with Gasteiger partial charge in [0.05, 0.1) is 11.1 Å². The fraction of sp³-hybridized carbons (Fsp3) is 0.333. The smallest absolute Gasteiger partial charge is 0.303 e. The van der Waals surface area contributed by atoms with Crippen LogP contribution in [-0.2, 0) is 49.3 Å². The molecule has 0 N–H and O–H groups in total. The monoisotopic (exact) mass is 678 g/mol. The first-order chi connectivity index (χ1) is 22.5. The van der Waals surface area contributed by atoms with Crippen molar-refractivity contribution in [3.05, 3.63) is 75.4 Å². The molecule has 244 valence electrons. The van der Waals surface area contributed by atoms with Crippen LogP contribution in [0.25, 0.3) is 27.0 Å². The fourth-order valence-corrected chi connectivity index (χ4v) is 8.29. The summed E-state index contributed by atoms with van der Waals surface area (Å²) in [6.45, 7) is 4.32. The Morgan fingerprint density at radius 1 is 0.872 bits per heavy atom. The molecule has 3 heterocycles. The zero-order valence-corrected chi connectivity index (χ0v) is 27.4. The zero-order chi connectivity index (χ0) is 33.4. The van der Waals surface area contributed by atoms with E-state index in [2.05, 4.69) is 0 Å². The summed E-state index contributed by atoms with van der Waals surface area (Å²) < 4.78 is 29.7. The molecule has 0 unspecified atom stereocenters. The third-order valence-electron chi connectivity index (χ3n) is 7.59. The lowest BCUT2D eigenvalue weighted by molar-refractivity contribution is -0.237. The molecule has 0 bridgehead atoms. The van der Waals surface area contributed by atoms with Gasteiger partial charge >= 0.3 is 23.9 Å². The van der Waals surface area contributed by atoms with E-state index in [1.54, 1.807) is 24.3 Å². The van der Waals surface area contributed by atoms with Gasteiger partial charge in [0.2, 0.25) is 0 Å². The van der Waals surface area contributed by atoms with Gasteiger partial charge in [0, 0.05) is 44.6 Å². The summed E-state index contributed by atoms with van der Waals surface area (Å²) in [5, 5.41) is 0.701. The normalized spacial score (nSPS) is 21.4. The molecule has 6 rings (SSSR count). The van der Waals surface area contributed by atoms with Crippen LogP contribution in [0.3, 0.4) is 0 Å². The zero-order valence-electron chi connectivity index (χ0n) is 25.8. The number of carbonyl (C=O) groups excluding carboxylic acids is 4. The molecule has 1 saturated heterocycles. The number of thioether (sulfide) groups is 1. The van der Waals surface area contributed by atoms with E-state index in [4.69, 9.17) is 28.7 Å². The number of esters is 4. The van der Waals surface area contributed by atoms with E-state index in [-0.39, 0.29) is 17.3 Å². The van der Waals surface area contributed by atoms with Crippen LogP contribution >= 0.6 is 23.1 Å². The molecule has 1 aliphatic carbocycles. The molecule has 4 aromatic rings. The van der Waals surface area contributed by atoms with Crippen LogP contribution in [0.5, 0.6) is 0 Å². The average molecular weight is 679 g/mol. The summed E-state index contributed by atoms with van der Waals surface area (Å²) in [5.74, 6) is -2.81. The summed E-state index contributed by atoms with van der Waals surface area (Å²) in [6.07, 6.45) is -4.44. The minimum absolute atomic E-state index is 0.211. The second-order valence-corrected chi connectivity index (χ2v) is 13.1. The molecule has 2 aromatic carbocycles. The van der Waals surface area contributed by atoms with Crippen molar-refractivity contribution in [1.29, 1.82) is 0 Å². The van der Waals surface area contributed by atoms with Crippen molar-refractivity contribution in [3.63, 3.8) is 0 Å². The van der Waals surface area contributed by atoms with Crippen molar-refractivity contribution in [2.45, 2.75) is 69.1 Å². The predicted octanol–water partition coefficient (Wildman–Crippen LogP) is 4.19. The summed E-state index contributed by atoms with van der Waals surface area (Å²) in [6, 6.07) is 16.9. The van der Waals surface area contributed by atoms with Gasteiger partial charge in [-0.3, -0.25) is 28.5 Å². The molecule has 0 radical (unpaired) electrons. The van der Waals surface area contributed by atoms with Crippen molar-refractivity contribution in [1.82, 2.24) is 9.55 Å². The second-order valence-electron chi connectivity index (χ2n) is 11.0. The molecule has 2 aromatic heterocycles. The summed E-state index contributed by atoms with van der Waals surface area (Å²) >= 11 is 2.40. The average Bonchev–Trinajstić information content (AvgIpc) is 3.55. The molecule has 47 heavy (non-hydrogen) atoms. The minimum atomic E-state index is -1.35. The maximum Gasteiger partial charge on any atom is 0.303 e. The number of ether oxygens (including phenoxy) is 5. The number of rotatable bonds is 8. The molecule has 0 amide bonds. The van der Waals surface area contributed by atoms with Crippen LogP contribution in [0.4, 0.5) is 0 Å². The van der Waals surface area contributed by atoms with E-state index >= 15 is 0 Å². The molecule has 1 fully saturated rings. The highest BCUT2D eigenvalue weighted by atomic mass is 32.2. The lowest BCUT2D eigenvalue weighted by Crippen LogP contribution is -2.61. The molecule has 1 aliphatic heterocycles. The molecule has 2 aliphatic rings. The van der Waals surface area contributed by atoms with E-state index in [9.17, 15) is 24.0 Å². The third-order valence-corrected chi connectivity index (χ3v) is 9.77. The Kier molecular flexibility index (Phi) is 9.17. The minimum Gasteiger partial charge on any atom is -0.463 e. The van der Waals surface area contributed by atoms with Crippen LogP contribution in [0, 0.1) is 0 Å². The summed E-state index contributed by atoms with van der Waals surface area (Å²) in [7, 11) is 0. The largest absolute Gasteiger partial charge is 0.463 e. The Labute approximate surface area is 276 Å². The topological polar surface area (TPSA) is 149 Å². The van der Waals surface area contributed by atoms with Crippen molar-refractivity contribution in [3.8, 4) is 16.8 Å². The number of aromatic nitrogens is 2. The molecule has 12 nitrogen and oxygen atoms in total. The first kappa shape index (κ1) is 32.4. The number of carbonyl (C=O) groups is 4. The first-order valence-electron chi connectivity index (χ1n) is 14.7. The van der Waals surface area contributed by atoms with Crippen LogP contribution in [0.15, 0.2) is 64.5 Å². The van der Waals surface area contributed by atoms with Crippen LogP contribution in [0.2, 0.25) is 0 Å². The summed E-state index contributed by atoms with van der Waals surface area (Å²) in [4.78, 5) is 69.6. The fourth-order valence-electron chi connectivity index (χ4n) is 5.85. The molecule has 5 atom stereocenters. The molecule has 0 spiro atoms. The van der Waals surface area contributed by atoms with Gasteiger partial charge in [-0.2, -0.15) is 0 Å². The van der Waals surface area contributed by atoms with E-state index in [0.29, 0.717) is 22.3 Å². The lowest BCUT2D eigenvalue weighted by atomic mass is 9.99. The number of hydrogen-bond donors (Lipinski definition) is 0. The van der Waals surface area contributed by atoms with Gasteiger partial charge in [-0.25, -0.2) is 4.98 Å². The maximum atomic E-state index is 14.5. The Morgan fingerprint density at radius 3 is 2.19 bits per heavy atom. The van der Waals surface area contributed by atoms with Crippen molar-refractivity contribution < 1.29 is 42.9 Å². The van der Waals surface area contributed by atoms with Crippen LogP contribution in [-0.4, -0.2) is 69.9 Å². The van der Waals surface area contributed by atoms with E-state index < -0.39 is 53.7 Å². The first-order valence-corrected chi connectivity index (χ1v) is 16.4. The van der Waals surface area contributed by atoms with Gasteiger partial charge in [-0.15, -0.1) is 11.3 Å². The van der Waals surface area contributed by atoms with Crippen LogP contribution < -0.4 is 5.56 Å². The molecule has 0 saturated carbocycles. The van der Waals surface area contributed by atoms with Gasteiger partial charge in [-0.05, 0) is 23.3 Å². The maximum absolute atomic E-state index is 14.5. The van der Waals surface area contributed by atoms with Gasteiger partial charge in [0.25, 0.3) is 5.56 Å². The molecule has 14 heteroatoms. The standard InChI is InChI=1S/C33H30N2O10S2/c1-16(36)41-15-23-27(42-17(2)37)28(43-18(3)38)29(44-19(4)39)32(45-23)47-33-34-30-26(31(40)35(33)21-11-6-5-7-12-21)25-22-13-9-8-10-20(22)14-24(25)46-30/h5-13,23,27-29,32H,14-15H2,1-4H3/t23-,27-,28+,29-,32+/m1/s1. The number of benzene rings is 2. The highest BCUT2D eigenvalue weighted by Gasteiger charge is 2.53. The Bertz CT molecular complexity index is 1940. The van der Waals surface area contributed by atoms with Crippen molar-refractivity contribution in [2.24, 2.45) is 0 Å². The third kappa shape index (κ3) is 6.53. The predicted molar refractivity (Wildman–Crippen MR) is 171 cm³/mol. The molecular formula is C33H30N2O10S2.